The zero-order valence-corrected chi connectivity index (χ0v) is 12.0. The molecule has 1 aromatic carbocycles. The number of fused-ring (bicyclic) bond motifs is 1. The van der Waals surface area contributed by atoms with Crippen LogP contribution in [0.25, 0.3) is 11.0 Å². The van der Waals surface area contributed by atoms with E-state index in [0.717, 1.165) is 29.8 Å². The Hall–Kier alpha value is -1.84. The van der Waals surface area contributed by atoms with E-state index in [4.69, 9.17) is 5.11 Å². The van der Waals surface area contributed by atoms with Gasteiger partial charge in [-0.25, -0.2) is 9.78 Å². The average molecular weight is 272 g/mol. The SMILES string of the molecule is CCc1nc2cc(C(=O)O)ccc2n1CC1(CC)CC1. The number of benzene rings is 1. The summed E-state index contributed by atoms with van der Waals surface area (Å²) in [6.45, 7) is 5.36. The summed E-state index contributed by atoms with van der Waals surface area (Å²) >= 11 is 0. The fourth-order valence-corrected chi connectivity index (χ4v) is 2.89. The molecule has 1 aliphatic carbocycles. The first-order chi connectivity index (χ1) is 9.58. The number of hydrogen-bond donors (Lipinski definition) is 1. The van der Waals surface area contributed by atoms with Gasteiger partial charge >= 0.3 is 5.97 Å². The van der Waals surface area contributed by atoms with E-state index in [1.807, 2.05) is 6.07 Å². The van der Waals surface area contributed by atoms with Crippen molar-refractivity contribution >= 4 is 17.0 Å². The first-order valence-electron chi connectivity index (χ1n) is 7.31. The van der Waals surface area contributed by atoms with Gasteiger partial charge in [-0.05, 0) is 42.9 Å². The van der Waals surface area contributed by atoms with Gasteiger partial charge in [0.15, 0.2) is 0 Å². The van der Waals surface area contributed by atoms with E-state index in [1.54, 1.807) is 12.1 Å². The van der Waals surface area contributed by atoms with Crippen LogP contribution in [0.15, 0.2) is 18.2 Å². The minimum atomic E-state index is -0.897. The maximum Gasteiger partial charge on any atom is 0.335 e. The number of nitrogens with zero attached hydrogens (tertiary/aromatic N) is 2. The minimum Gasteiger partial charge on any atom is -0.478 e. The number of hydrogen-bond acceptors (Lipinski definition) is 2. The summed E-state index contributed by atoms with van der Waals surface area (Å²) in [5.74, 6) is 0.161. The summed E-state index contributed by atoms with van der Waals surface area (Å²) in [6.07, 6.45) is 4.65. The molecule has 106 valence electrons. The summed E-state index contributed by atoms with van der Waals surface area (Å²) in [6, 6.07) is 5.25. The van der Waals surface area contributed by atoms with Crippen molar-refractivity contribution < 1.29 is 9.90 Å². The molecule has 0 radical (unpaired) electrons. The Morgan fingerprint density at radius 3 is 2.70 bits per heavy atom. The highest BCUT2D eigenvalue weighted by atomic mass is 16.4. The van der Waals surface area contributed by atoms with Crippen LogP contribution in [0.4, 0.5) is 0 Å². The van der Waals surface area contributed by atoms with E-state index in [0.29, 0.717) is 11.0 Å². The molecule has 0 amide bonds. The maximum absolute atomic E-state index is 11.1. The molecule has 4 heteroatoms. The molecule has 0 saturated heterocycles. The van der Waals surface area contributed by atoms with E-state index in [-0.39, 0.29) is 0 Å². The van der Waals surface area contributed by atoms with Gasteiger partial charge in [-0.15, -0.1) is 0 Å². The van der Waals surface area contributed by atoms with Crippen molar-refractivity contribution in [1.29, 1.82) is 0 Å². The van der Waals surface area contributed by atoms with Crippen molar-refractivity contribution in [1.82, 2.24) is 9.55 Å². The smallest absolute Gasteiger partial charge is 0.335 e. The molecule has 3 rings (SSSR count). The third kappa shape index (κ3) is 2.09. The van der Waals surface area contributed by atoms with Gasteiger partial charge in [0.25, 0.3) is 0 Å². The van der Waals surface area contributed by atoms with Gasteiger partial charge < -0.3 is 9.67 Å². The van der Waals surface area contributed by atoms with E-state index in [1.165, 1.54) is 19.3 Å². The van der Waals surface area contributed by atoms with Gasteiger partial charge in [-0.2, -0.15) is 0 Å². The van der Waals surface area contributed by atoms with Gasteiger partial charge in [-0.1, -0.05) is 13.8 Å². The first-order valence-corrected chi connectivity index (χ1v) is 7.31. The second kappa shape index (κ2) is 4.62. The van der Waals surface area contributed by atoms with Crippen LogP contribution in [0.3, 0.4) is 0 Å². The second-order valence-electron chi connectivity index (χ2n) is 5.83. The molecule has 0 bridgehead atoms. The molecule has 0 aliphatic heterocycles. The molecule has 2 aromatic rings. The van der Waals surface area contributed by atoms with Crippen molar-refractivity contribution in [2.45, 2.75) is 46.1 Å². The Kier molecular flexibility index (Phi) is 3.04. The number of rotatable bonds is 5. The topological polar surface area (TPSA) is 55.1 Å². The predicted molar refractivity (Wildman–Crippen MR) is 78.0 cm³/mol. The van der Waals surface area contributed by atoms with E-state index in [9.17, 15) is 4.79 Å². The maximum atomic E-state index is 11.1. The first kappa shape index (κ1) is 13.2. The Morgan fingerprint density at radius 2 is 2.15 bits per heavy atom. The van der Waals surface area contributed by atoms with Crippen LogP contribution >= 0.6 is 0 Å². The molecule has 20 heavy (non-hydrogen) atoms. The number of carboxylic acids is 1. The number of carbonyl (C=O) groups is 1. The number of aromatic nitrogens is 2. The number of carboxylic acid groups (broad SMARTS) is 1. The van der Waals surface area contributed by atoms with Gasteiger partial charge in [0.1, 0.15) is 5.82 Å². The lowest BCUT2D eigenvalue weighted by Crippen LogP contribution is -2.13. The lowest BCUT2D eigenvalue weighted by molar-refractivity contribution is 0.0697. The molecule has 1 aliphatic rings. The largest absolute Gasteiger partial charge is 0.478 e. The van der Waals surface area contributed by atoms with Crippen LogP contribution in [0.5, 0.6) is 0 Å². The zero-order chi connectivity index (χ0) is 14.3. The molecule has 1 heterocycles. The third-order valence-corrected chi connectivity index (χ3v) is 4.59. The molecule has 0 atom stereocenters. The molecule has 1 aromatic heterocycles. The summed E-state index contributed by atoms with van der Waals surface area (Å²) < 4.78 is 2.29. The summed E-state index contributed by atoms with van der Waals surface area (Å²) in [5.41, 5.74) is 2.62. The van der Waals surface area contributed by atoms with E-state index < -0.39 is 5.97 Å². The lowest BCUT2D eigenvalue weighted by atomic mass is 10.0. The molecule has 0 spiro atoms. The molecule has 0 unspecified atom stereocenters. The van der Waals surface area contributed by atoms with Crippen molar-refractivity contribution in [3.8, 4) is 0 Å². The molecular weight excluding hydrogens is 252 g/mol. The number of imidazole rings is 1. The van der Waals surface area contributed by atoms with Crippen molar-refractivity contribution in [2.75, 3.05) is 0 Å². The zero-order valence-electron chi connectivity index (χ0n) is 12.0. The average Bonchev–Trinajstić information content (AvgIpc) is 3.14. The highest BCUT2D eigenvalue weighted by Gasteiger charge is 2.41. The normalized spacial score (nSPS) is 16.5. The molecule has 1 fully saturated rings. The van der Waals surface area contributed by atoms with Crippen LogP contribution in [0.1, 0.15) is 49.3 Å². The molecule has 1 N–H and O–H groups in total. The minimum absolute atomic E-state index is 0.307. The van der Waals surface area contributed by atoms with Gasteiger partial charge in [0.05, 0.1) is 16.6 Å². The highest BCUT2D eigenvalue weighted by Crippen LogP contribution is 2.50. The summed E-state index contributed by atoms with van der Waals surface area (Å²) in [4.78, 5) is 15.7. The predicted octanol–water partition coefficient (Wildman–Crippen LogP) is 3.49. The number of aryl methyl sites for hydroxylation is 1. The van der Waals surface area contributed by atoms with Gasteiger partial charge in [-0.3, -0.25) is 0 Å². The van der Waals surface area contributed by atoms with Crippen LogP contribution in [-0.2, 0) is 13.0 Å². The Morgan fingerprint density at radius 1 is 1.40 bits per heavy atom. The van der Waals surface area contributed by atoms with Crippen LogP contribution in [0, 0.1) is 5.41 Å². The Bertz CT molecular complexity index is 668. The standard InChI is InChI=1S/C16H20N2O2/c1-3-14-17-12-9-11(15(19)20)5-6-13(12)18(14)10-16(4-2)7-8-16/h5-6,9H,3-4,7-8,10H2,1-2H3,(H,19,20). The Labute approximate surface area is 118 Å². The highest BCUT2D eigenvalue weighted by molar-refractivity contribution is 5.92. The summed E-state index contributed by atoms with van der Waals surface area (Å²) in [7, 11) is 0. The van der Waals surface area contributed by atoms with Crippen molar-refractivity contribution in [2.24, 2.45) is 5.41 Å². The third-order valence-electron chi connectivity index (χ3n) is 4.59. The number of aromatic carboxylic acids is 1. The van der Waals surface area contributed by atoms with Crippen molar-refractivity contribution in [3.05, 3.63) is 29.6 Å². The molecule has 1 saturated carbocycles. The second-order valence-corrected chi connectivity index (χ2v) is 5.83. The van der Waals surface area contributed by atoms with Gasteiger partial charge in [0, 0.05) is 13.0 Å². The quantitative estimate of drug-likeness (QED) is 0.906. The fraction of sp³-hybridized carbons (Fsp3) is 0.500. The fourth-order valence-electron chi connectivity index (χ4n) is 2.89. The van der Waals surface area contributed by atoms with E-state index >= 15 is 0 Å². The molecule has 4 nitrogen and oxygen atoms in total. The van der Waals surface area contributed by atoms with E-state index in [2.05, 4.69) is 23.4 Å². The lowest BCUT2D eigenvalue weighted by Gasteiger charge is -2.16. The van der Waals surface area contributed by atoms with Crippen LogP contribution in [0.2, 0.25) is 0 Å². The Balaban J connectivity index is 2.07. The van der Waals surface area contributed by atoms with Crippen LogP contribution < -0.4 is 0 Å². The van der Waals surface area contributed by atoms with Gasteiger partial charge in [0.2, 0.25) is 0 Å². The molecular formula is C16H20N2O2. The summed E-state index contributed by atoms with van der Waals surface area (Å²) in [5, 5.41) is 9.08. The monoisotopic (exact) mass is 272 g/mol. The van der Waals surface area contributed by atoms with Crippen molar-refractivity contribution in [3.63, 3.8) is 0 Å². The van der Waals surface area contributed by atoms with Crippen LogP contribution in [-0.4, -0.2) is 20.6 Å².